The number of anilines is 1. The Balaban J connectivity index is 1.07. The Hall–Kier alpha value is -4.31. The van der Waals surface area contributed by atoms with Crippen LogP contribution >= 0.6 is 0 Å². The zero-order chi connectivity index (χ0) is 29.6. The number of ether oxygens (including phenoxy) is 1. The van der Waals surface area contributed by atoms with Gasteiger partial charge in [-0.15, -0.1) is 5.10 Å². The molecule has 3 heterocycles. The number of hydrogen-bond acceptors (Lipinski definition) is 7. The summed E-state index contributed by atoms with van der Waals surface area (Å²) in [5, 5.41) is 10.6. The number of amides is 1. The van der Waals surface area contributed by atoms with Gasteiger partial charge in [-0.3, -0.25) is 14.4 Å². The van der Waals surface area contributed by atoms with Crippen LogP contribution in [0.4, 0.5) is 10.1 Å². The molecule has 1 aromatic heterocycles. The van der Waals surface area contributed by atoms with Crippen LogP contribution in [0.2, 0.25) is 0 Å². The number of carbonyl (C=O) groups excluding carboxylic acids is 2. The lowest BCUT2D eigenvalue weighted by molar-refractivity contribution is -0.133. The number of rotatable bonds is 8. The summed E-state index contributed by atoms with van der Waals surface area (Å²) in [6, 6.07) is 20.0. The highest BCUT2D eigenvalue weighted by molar-refractivity contribution is 5.94. The second-order valence-corrected chi connectivity index (χ2v) is 11.7. The summed E-state index contributed by atoms with van der Waals surface area (Å²) >= 11 is 0. The predicted octanol–water partition coefficient (Wildman–Crippen LogP) is 4.58. The lowest BCUT2D eigenvalue weighted by atomic mass is 9.84. The van der Waals surface area contributed by atoms with Crippen LogP contribution in [0.1, 0.15) is 53.8 Å². The van der Waals surface area contributed by atoms with Crippen LogP contribution in [-0.4, -0.2) is 75.1 Å². The first-order chi connectivity index (χ1) is 21.0. The number of nitrogens with zero attached hydrogens (tertiary/aromatic N) is 6. The highest BCUT2D eigenvalue weighted by atomic mass is 19.1. The van der Waals surface area contributed by atoms with Gasteiger partial charge in [-0.05, 0) is 78.8 Å². The van der Waals surface area contributed by atoms with Crippen LogP contribution in [0.15, 0.2) is 66.9 Å². The Morgan fingerprint density at radius 1 is 1.05 bits per heavy atom. The number of benzene rings is 3. The van der Waals surface area contributed by atoms with Crippen LogP contribution in [0.5, 0.6) is 0 Å². The van der Waals surface area contributed by atoms with Gasteiger partial charge in [0.15, 0.2) is 5.69 Å². The van der Waals surface area contributed by atoms with Gasteiger partial charge in [0.05, 0.1) is 19.5 Å². The molecule has 222 valence electrons. The van der Waals surface area contributed by atoms with Crippen molar-refractivity contribution in [2.75, 3.05) is 37.8 Å². The topological polar surface area (TPSA) is 83.8 Å². The predicted molar refractivity (Wildman–Crippen MR) is 160 cm³/mol. The standard InChI is InChI=1S/C33H35FN6O3/c1-2-43-31(41)28-21-39(36-35-28)17-5-16-38-22-40(26-12-10-25(34)11-13-26)33(32(38)42)14-18-37(19-15-33)29-20-24-8-3-6-23-7-4-9-27(29)30(23)24/h3-4,6-13,21,29H,2,5,14-20,22H2,1H3/t29-/m1/s1. The summed E-state index contributed by atoms with van der Waals surface area (Å²) in [6.45, 7) is 5.14. The molecule has 0 saturated carbocycles. The molecule has 2 saturated heterocycles. The van der Waals surface area contributed by atoms with E-state index < -0.39 is 11.5 Å². The van der Waals surface area contributed by atoms with E-state index >= 15 is 0 Å². The normalized spacial score (nSPS) is 19.6. The minimum Gasteiger partial charge on any atom is -0.461 e. The highest BCUT2D eigenvalue weighted by Gasteiger charge is 2.54. The van der Waals surface area contributed by atoms with E-state index in [2.05, 4.69) is 56.5 Å². The van der Waals surface area contributed by atoms with Crippen molar-refractivity contribution in [3.8, 4) is 0 Å². The zero-order valence-electron chi connectivity index (χ0n) is 24.3. The van der Waals surface area contributed by atoms with Crippen LogP contribution in [-0.2, 0) is 22.5 Å². The quantitative estimate of drug-likeness (QED) is 0.282. The fourth-order valence-corrected chi connectivity index (χ4v) is 7.26. The van der Waals surface area contributed by atoms with Gasteiger partial charge in [0, 0.05) is 37.9 Å². The fourth-order valence-electron chi connectivity index (χ4n) is 7.26. The number of halogens is 1. The summed E-state index contributed by atoms with van der Waals surface area (Å²) in [6.07, 6.45) is 4.63. The van der Waals surface area contributed by atoms with E-state index in [9.17, 15) is 14.0 Å². The number of aromatic nitrogens is 3. The lowest BCUT2D eigenvalue weighted by Crippen LogP contribution is -2.57. The average molecular weight is 583 g/mol. The third-order valence-electron chi connectivity index (χ3n) is 9.35. The summed E-state index contributed by atoms with van der Waals surface area (Å²) in [5.74, 6) is -0.663. The van der Waals surface area contributed by atoms with E-state index in [1.54, 1.807) is 29.9 Å². The second kappa shape index (κ2) is 11.1. The molecule has 2 aliphatic heterocycles. The maximum atomic E-state index is 14.2. The molecule has 0 bridgehead atoms. The van der Waals surface area contributed by atoms with Crippen molar-refractivity contribution in [3.05, 3.63) is 89.5 Å². The van der Waals surface area contributed by atoms with Gasteiger partial charge < -0.3 is 14.5 Å². The Morgan fingerprint density at radius 3 is 2.58 bits per heavy atom. The molecule has 1 atom stereocenters. The first-order valence-corrected chi connectivity index (χ1v) is 15.1. The molecule has 0 N–H and O–H groups in total. The van der Waals surface area contributed by atoms with E-state index in [-0.39, 0.29) is 24.0 Å². The van der Waals surface area contributed by atoms with Gasteiger partial charge >= 0.3 is 5.97 Å². The molecule has 0 radical (unpaired) electrons. The van der Waals surface area contributed by atoms with Crippen molar-refractivity contribution in [2.24, 2.45) is 0 Å². The summed E-state index contributed by atoms with van der Waals surface area (Å²) in [5.41, 5.74) is 3.15. The molecule has 1 amide bonds. The van der Waals surface area contributed by atoms with Gasteiger partial charge in [0.25, 0.3) is 0 Å². The molecule has 1 spiro atoms. The SMILES string of the molecule is CCOC(=O)c1cn(CCCN2CN(c3ccc(F)cc3)C3(CCN([C@@H]4Cc5cccc6cccc4c56)CC3)C2=O)nn1. The van der Waals surface area contributed by atoms with Gasteiger partial charge in [-0.2, -0.15) is 0 Å². The largest absolute Gasteiger partial charge is 0.461 e. The van der Waals surface area contributed by atoms with E-state index in [4.69, 9.17) is 4.74 Å². The summed E-state index contributed by atoms with van der Waals surface area (Å²) < 4.78 is 20.5. The van der Waals surface area contributed by atoms with E-state index in [1.807, 2.05) is 4.90 Å². The molecule has 0 unspecified atom stereocenters. The smallest absolute Gasteiger partial charge is 0.360 e. The number of carbonyl (C=O) groups is 2. The Morgan fingerprint density at radius 2 is 1.81 bits per heavy atom. The number of esters is 1. The Kier molecular flexibility index (Phi) is 7.09. The van der Waals surface area contributed by atoms with Crippen molar-refractivity contribution in [1.82, 2.24) is 24.8 Å². The maximum Gasteiger partial charge on any atom is 0.360 e. The third kappa shape index (κ3) is 4.83. The van der Waals surface area contributed by atoms with Gasteiger partial charge in [-0.25, -0.2) is 9.18 Å². The Labute approximate surface area is 249 Å². The van der Waals surface area contributed by atoms with Crippen LogP contribution in [0.3, 0.4) is 0 Å². The van der Waals surface area contributed by atoms with Crippen LogP contribution in [0.25, 0.3) is 10.8 Å². The number of piperidine rings is 1. The lowest BCUT2D eigenvalue weighted by Gasteiger charge is -2.45. The number of aryl methyl sites for hydroxylation is 1. The molecule has 43 heavy (non-hydrogen) atoms. The Bertz CT molecular complexity index is 1660. The van der Waals surface area contributed by atoms with Crippen LogP contribution < -0.4 is 4.90 Å². The second-order valence-electron chi connectivity index (χ2n) is 11.7. The molecular formula is C33H35FN6O3. The molecule has 10 heteroatoms. The minimum atomic E-state index is -0.671. The molecule has 9 nitrogen and oxygen atoms in total. The first kappa shape index (κ1) is 27.5. The fraction of sp³-hybridized carbons (Fsp3) is 0.394. The van der Waals surface area contributed by atoms with Crippen molar-refractivity contribution in [3.63, 3.8) is 0 Å². The third-order valence-corrected chi connectivity index (χ3v) is 9.35. The molecule has 3 aliphatic rings. The van der Waals surface area contributed by atoms with Crippen LogP contribution in [0, 0.1) is 5.82 Å². The average Bonchev–Trinajstić information content (AvgIpc) is 3.72. The summed E-state index contributed by atoms with van der Waals surface area (Å²) in [4.78, 5) is 32.8. The molecular weight excluding hydrogens is 547 g/mol. The molecule has 1 aliphatic carbocycles. The number of likely N-dealkylation sites (tertiary alicyclic amines) is 1. The highest BCUT2D eigenvalue weighted by Crippen LogP contribution is 2.45. The van der Waals surface area contributed by atoms with E-state index in [1.165, 1.54) is 34.0 Å². The van der Waals surface area contributed by atoms with Gasteiger partial charge in [0.1, 0.15) is 11.4 Å². The van der Waals surface area contributed by atoms with Crippen molar-refractivity contribution in [1.29, 1.82) is 0 Å². The first-order valence-electron chi connectivity index (χ1n) is 15.1. The maximum absolute atomic E-state index is 14.2. The summed E-state index contributed by atoms with van der Waals surface area (Å²) in [7, 11) is 0. The van der Waals surface area contributed by atoms with Crippen molar-refractivity contribution < 1.29 is 18.7 Å². The minimum absolute atomic E-state index is 0.124. The number of hydrogen-bond donors (Lipinski definition) is 0. The van der Waals surface area contributed by atoms with E-state index in [0.717, 1.165) is 25.2 Å². The van der Waals surface area contributed by atoms with E-state index in [0.29, 0.717) is 45.1 Å². The molecule has 3 aromatic carbocycles. The van der Waals surface area contributed by atoms with Gasteiger partial charge in [0.2, 0.25) is 5.91 Å². The van der Waals surface area contributed by atoms with Crippen molar-refractivity contribution >= 4 is 28.3 Å². The molecule has 7 rings (SSSR count). The zero-order valence-corrected chi connectivity index (χ0v) is 24.3. The monoisotopic (exact) mass is 582 g/mol. The van der Waals surface area contributed by atoms with Crippen molar-refractivity contribution in [2.45, 2.75) is 50.7 Å². The molecule has 2 fully saturated rings. The van der Waals surface area contributed by atoms with Gasteiger partial charge in [-0.1, -0.05) is 41.6 Å². The molecule has 4 aromatic rings.